The summed E-state index contributed by atoms with van der Waals surface area (Å²) in [6.07, 6.45) is 3.65. The Morgan fingerprint density at radius 1 is 1.29 bits per heavy atom. The fourth-order valence-corrected chi connectivity index (χ4v) is 2.20. The van der Waals surface area contributed by atoms with Crippen LogP contribution in [0.2, 0.25) is 0 Å². The summed E-state index contributed by atoms with van der Waals surface area (Å²) < 4.78 is 10.6. The van der Waals surface area contributed by atoms with E-state index in [9.17, 15) is 0 Å². The van der Waals surface area contributed by atoms with Crippen LogP contribution in [0.3, 0.4) is 0 Å². The molecule has 1 rings (SSSR count). The molecule has 0 aromatic rings. The fraction of sp³-hybridized carbons (Fsp3) is 1.00. The van der Waals surface area contributed by atoms with Gasteiger partial charge in [-0.3, -0.25) is 4.90 Å². The number of nitrogens with zero attached hydrogens (tertiary/aromatic N) is 1. The van der Waals surface area contributed by atoms with Gasteiger partial charge in [-0.25, -0.2) is 0 Å². The summed E-state index contributed by atoms with van der Waals surface area (Å²) in [5.74, 6) is 0. The minimum atomic E-state index is 0.698. The number of hydrogen-bond donors (Lipinski definition) is 1. The van der Waals surface area contributed by atoms with E-state index >= 15 is 0 Å². The lowest BCUT2D eigenvalue weighted by Gasteiger charge is -2.24. The average molecular weight is 244 g/mol. The summed E-state index contributed by atoms with van der Waals surface area (Å²) >= 11 is 0. The summed E-state index contributed by atoms with van der Waals surface area (Å²) in [5, 5.41) is 3.54. The zero-order valence-corrected chi connectivity index (χ0v) is 11.4. The van der Waals surface area contributed by atoms with Gasteiger partial charge in [0.05, 0.1) is 6.61 Å². The molecule has 0 spiro atoms. The molecule has 0 amide bonds. The second-order valence-corrected chi connectivity index (χ2v) is 4.65. The molecule has 0 aromatic carbocycles. The first-order chi connectivity index (χ1) is 8.36. The van der Waals surface area contributed by atoms with Crippen molar-refractivity contribution in [1.82, 2.24) is 10.2 Å². The first-order valence-corrected chi connectivity index (χ1v) is 6.89. The lowest BCUT2D eigenvalue weighted by Crippen LogP contribution is -2.39. The number of nitrogens with one attached hydrogen (secondary N) is 1. The third-order valence-electron chi connectivity index (χ3n) is 3.28. The average Bonchev–Trinajstić information content (AvgIpc) is 2.85. The summed E-state index contributed by atoms with van der Waals surface area (Å²) in [6, 6.07) is 0.698. The monoisotopic (exact) mass is 244 g/mol. The van der Waals surface area contributed by atoms with Crippen molar-refractivity contribution < 1.29 is 9.47 Å². The Morgan fingerprint density at radius 3 is 2.82 bits per heavy atom. The minimum Gasteiger partial charge on any atom is -0.385 e. The van der Waals surface area contributed by atoms with Crippen molar-refractivity contribution in [1.29, 1.82) is 0 Å². The lowest BCUT2D eigenvalue weighted by atomic mass is 10.2. The van der Waals surface area contributed by atoms with E-state index in [1.165, 1.54) is 19.4 Å². The van der Waals surface area contributed by atoms with Crippen LogP contribution in [0.1, 0.15) is 26.2 Å². The van der Waals surface area contributed by atoms with Gasteiger partial charge >= 0.3 is 0 Å². The molecule has 102 valence electrons. The molecule has 4 nitrogen and oxygen atoms in total. The van der Waals surface area contributed by atoms with Gasteiger partial charge in [0.1, 0.15) is 0 Å². The molecule has 1 heterocycles. The van der Waals surface area contributed by atoms with Gasteiger partial charge in [0.2, 0.25) is 0 Å². The Hall–Kier alpha value is -0.160. The van der Waals surface area contributed by atoms with E-state index in [-0.39, 0.29) is 0 Å². The molecule has 0 aliphatic carbocycles. The fourth-order valence-electron chi connectivity index (χ4n) is 2.20. The van der Waals surface area contributed by atoms with Gasteiger partial charge in [0.25, 0.3) is 0 Å². The maximum Gasteiger partial charge on any atom is 0.0593 e. The Labute approximate surface area is 106 Å². The van der Waals surface area contributed by atoms with Crippen LogP contribution in [0.4, 0.5) is 0 Å². The number of methoxy groups -OCH3 is 1. The van der Waals surface area contributed by atoms with Gasteiger partial charge in [-0.1, -0.05) is 6.92 Å². The van der Waals surface area contributed by atoms with Crippen LogP contribution in [0, 0.1) is 0 Å². The van der Waals surface area contributed by atoms with E-state index in [4.69, 9.17) is 9.47 Å². The van der Waals surface area contributed by atoms with Crippen LogP contribution in [-0.4, -0.2) is 64.1 Å². The second kappa shape index (κ2) is 9.83. The van der Waals surface area contributed by atoms with Gasteiger partial charge in [0, 0.05) is 39.5 Å². The van der Waals surface area contributed by atoms with Crippen LogP contribution in [0.25, 0.3) is 0 Å². The molecule has 4 heteroatoms. The van der Waals surface area contributed by atoms with Crippen molar-refractivity contribution in [2.75, 3.05) is 53.1 Å². The topological polar surface area (TPSA) is 33.7 Å². The number of ether oxygens (including phenoxy) is 2. The predicted molar refractivity (Wildman–Crippen MR) is 70.5 cm³/mol. The molecule has 1 aliphatic rings. The molecular weight excluding hydrogens is 216 g/mol. The molecule has 17 heavy (non-hydrogen) atoms. The molecule has 0 radical (unpaired) electrons. The van der Waals surface area contributed by atoms with E-state index < -0.39 is 0 Å². The summed E-state index contributed by atoms with van der Waals surface area (Å²) in [5.41, 5.74) is 0. The first kappa shape index (κ1) is 14.9. The molecule has 1 fully saturated rings. The van der Waals surface area contributed by atoms with Crippen LogP contribution < -0.4 is 5.32 Å². The summed E-state index contributed by atoms with van der Waals surface area (Å²) in [6.45, 7) is 9.18. The van der Waals surface area contributed by atoms with Crippen LogP contribution in [-0.2, 0) is 9.47 Å². The molecule has 0 bridgehead atoms. The lowest BCUT2D eigenvalue weighted by molar-refractivity contribution is 0.0830. The molecule has 1 unspecified atom stereocenters. The first-order valence-electron chi connectivity index (χ1n) is 6.89. The van der Waals surface area contributed by atoms with E-state index in [2.05, 4.69) is 17.1 Å². The molecule has 1 saturated heterocycles. The second-order valence-electron chi connectivity index (χ2n) is 4.65. The molecule has 0 aromatic heterocycles. The maximum atomic E-state index is 5.59. The molecule has 1 N–H and O–H groups in total. The normalized spacial score (nSPS) is 20.3. The summed E-state index contributed by atoms with van der Waals surface area (Å²) in [7, 11) is 1.73. The minimum absolute atomic E-state index is 0.698. The highest BCUT2D eigenvalue weighted by Crippen LogP contribution is 2.06. The number of hydrogen-bond acceptors (Lipinski definition) is 4. The van der Waals surface area contributed by atoms with Crippen LogP contribution in [0.15, 0.2) is 0 Å². The highest BCUT2D eigenvalue weighted by atomic mass is 16.5. The van der Waals surface area contributed by atoms with Crippen molar-refractivity contribution in [3.63, 3.8) is 0 Å². The van der Waals surface area contributed by atoms with Gasteiger partial charge in [-0.2, -0.15) is 0 Å². The third-order valence-corrected chi connectivity index (χ3v) is 3.28. The van der Waals surface area contributed by atoms with Crippen molar-refractivity contribution in [3.8, 4) is 0 Å². The highest BCUT2D eigenvalue weighted by molar-refractivity contribution is 4.77. The Balaban J connectivity index is 1.97. The van der Waals surface area contributed by atoms with E-state index in [1.54, 1.807) is 7.11 Å². The smallest absolute Gasteiger partial charge is 0.0593 e. The highest BCUT2D eigenvalue weighted by Gasteiger charge is 2.16. The van der Waals surface area contributed by atoms with Gasteiger partial charge in [-0.15, -0.1) is 0 Å². The number of rotatable bonds is 10. The van der Waals surface area contributed by atoms with Crippen LogP contribution in [0.5, 0.6) is 0 Å². The Morgan fingerprint density at radius 2 is 2.18 bits per heavy atom. The Kier molecular flexibility index (Phi) is 8.61. The van der Waals surface area contributed by atoms with Crippen molar-refractivity contribution in [2.45, 2.75) is 32.2 Å². The largest absolute Gasteiger partial charge is 0.385 e. The summed E-state index contributed by atoms with van der Waals surface area (Å²) in [4.78, 5) is 2.47. The van der Waals surface area contributed by atoms with Gasteiger partial charge < -0.3 is 14.8 Å². The zero-order valence-electron chi connectivity index (χ0n) is 11.4. The molecular formula is C13H28N2O2. The number of likely N-dealkylation sites (N-methyl/N-ethyl adjacent to an activating group) is 1. The van der Waals surface area contributed by atoms with Crippen molar-refractivity contribution in [2.24, 2.45) is 0 Å². The maximum absolute atomic E-state index is 5.59. The van der Waals surface area contributed by atoms with Gasteiger partial charge in [-0.05, 0) is 32.4 Å². The quantitative estimate of drug-likeness (QED) is 0.584. The Bertz CT molecular complexity index is 173. The predicted octanol–water partition coefficient (Wildman–Crippen LogP) is 1.11. The SMILES string of the molecule is CCN(CCOCCCOC)CC1CCCN1. The van der Waals surface area contributed by atoms with Crippen molar-refractivity contribution in [3.05, 3.63) is 0 Å². The molecule has 1 aliphatic heterocycles. The molecule has 1 atom stereocenters. The van der Waals surface area contributed by atoms with Crippen LogP contribution >= 0.6 is 0 Å². The zero-order chi connectivity index (χ0) is 12.3. The van der Waals surface area contributed by atoms with E-state index in [0.29, 0.717) is 6.04 Å². The van der Waals surface area contributed by atoms with Gasteiger partial charge in [0.15, 0.2) is 0 Å². The standard InChI is InChI=1S/C13H28N2O2/c1-3-15(12-13-6-4-7-14-13)8-11-17-10-5-9-16-2/h13-14H,3-12H2,1-2H3. The van der Waals surface area contributed by atoms with E-state index in [1.807, 2.05) is 0 Å². The van der Waals surface area contributed by atoms with E-state index in [0.717, 1.165) is 45.9 Å². The third kappa shape index (κ3) is 6.99. The molecule has 0 saturated carbocycles. The van der Waals surface area contributed by atoms with Crippen molar-refractivity contribution >= 4 is 0 Å².